The van der Waals surface area contributed by atoms with Gasteiger partial charge in [0.25, 0.3) is 0 Å². The van der Waals surface area contributed by atoms with Gasteiger partial charge in [0, 0.05) is 18.0 Å². The summed E-state index contributed by atoms with van der Waals surface area (Å²) in [5, 5.41) is 0.606. The van der Waals surface area contributed by atoms with E-state index in [2.05, 4.69) is 4.98 Å². The SMILES string of the molecule is O=c1c(I)c(-c2cccnc2)oc2ccccc12. The highest BCUT2D eigenvalue weighted by Gasteiger charge is 2.13. The molecule has 1 aromatic carbocycles. The van der Waals surface area contributed by atoms with Crippen molar-refractivity contribution in [1.29, 1.82) is 0 Å². The lowest BCUT2D eigenvalue weighted by Gasteiger charge is -2.05. The fraction of sp³-hybridized carbons (Fsp3) is 0. The van der Waals surface area contributed by atoms with E-state index in [0.29, 0.717) is 20.3 Å². The second kappa shape index (κ2) is 4.53. The van der Waals surface area contributed by atoms with Crippen LogP contribution in [0.5, 0.6) is 0 Å². The Hall–Kier alpha value is -1.69. The monoisotopic (exact) mass is 349 g/mol. The molecule has 4 heteroatoms. The Morgan fingerprint density at radius 2 is 1.94 bits per heavy atom. The van der Waals surface area contributed by atoms with Gasteiger partial charge in [-0.05, 0) is 46.9 Å². The molecule has 18 heavy (non-hydrogen) atoms. The molecule has 0 saturated heterocycles. The first-order valence-electron chi connectivity index (χ1n) is 5.39. The van der Waals surface area contributed by atoms with Gasteiger partial charge in [-0.1, -0.05) is 12.1 Å². The smallest absolute Gasteiger partial charge is 0.206 e. The Morgan fingerprint density at radius 1 is 1.11 bits per heavy atom. The van der Waals surface area contributed by atoms with Crippen molar-refractivity contribution in [2.24, 2.45) is 0 Å². The Labute approximate surface area is 117 Å². The van der Waals surface area contributed by atoms with Gasteiger partial charge in [-0.3, -0.25) is 9.78 Å². The van der Waals surface area contributed by atoms with Crippen LogP contribution in [0.4, 0.5) is 0 Å². The molecule has 3 rings (SSSR count). The van der Waals surface area contributed by atoms with Crippen LogP contribution in [0.3, 0.4) is 0 Å². The molecule has 0 unspecified atom stereocenters. The van der Waals surface area contributed by atoms with Gasteiger partial charge in [-0.25, -0.2) is 0 Å². The van der Waals surface area contributed by atoms with Crippen molar-refractivity contribution in [2.45, 2.75) is 0 Å². The summed E-state index contributed by atoms with van der Waals surface area (Å²) in [5.41, 5.74) is 1.41. The third-order valence-corrected chi connectivity index (χ3v) is 3.65. The highest BCUT2D eigenvalue weighted by molar-refractivity contribution is 14.1. The minimum Gasteiger partial charge on any atom is -0.455 e. The van der Waals surface area contributed by atoms with E-state index in [9.17, 15) is 4.79 Å². The molecular weight excluding hydrogens is 341 g/mol. The molecule has 3 aromatic rings. The van der Waals surface area contributed by atoms with Crippen LogP contribution < -0.4 is 5.43 Å². The number of nitrogens with zero attached hydrogens (tertiary/aromatic N) is 1. The van der Waals surface area contributed by atoms with E-state index < -0.39 is 0 Å². The van der Waals surface area contributed by atoms with Crippen LogP contribution in [0.25, 0.3) is 22.3 Å². The van der Waals surface area contributed by atoms with Gasteiger partial charge in [0.2, 0.25) is 5.43 Å². The maximum Gasteiger partial charge on any atom is 0.206 e. The van der Waals surface area contributed by atoms with Crippen molar-refractivity contribution in [3.63, 3.8) is 0 Å². The molecule has 0 N–H and O–H groups in total. The molecule has 0 aliphatic rings. The van der Waals surface area contributed by atoms with Gasteiger partial charge < -0.3 is 4.42 Å². The molecule has 0 radical (unpaired) electrons. The fourth-order valence-electron chi connectivity index (χ4n) is 1.80. The molecule has 2 heterocycles. The second-order valence-corrected chi connectivity index (χ2v) is 4.89. The summed E-state index contributed by atoms with van der Waals surface area (Å²) in [4.78, 5) is 16.3. The van der Waals surface area contributed by atoms with Gasteiger partial charge in [0.1, 0.15) is 9.15 Å². The van der Waals surface area contributed by atoms with Gasteiger partial charge in [0.05, 0.1) is 5.39 Å². The zero-order valence-electron chi connectivity index (χ0n) is 9.26. The molecule has 0 amide bonds. The van der Waals surface area contributed by atoms with Crippen molar-refractivity contribution in [1.82, 2.24) is 4.98 Å². The van der Waals surface area contributed by atoms with Crippen molar-refractivity contribution >= 4 is 33.6 Å². The van der Waals surface area contributed by atoms with E-state index in [1.165, 1.54) is 0 Å². The van der Waals surface area contributed by atoms with Crippen LogP contribution in [0.2, 0.25) is 0 Å². The number of para-hydroxylation sites is 1. The molecule has 2 aromatic heterocycles. The molecule has 0 atom stereocenters. The van der Waals surface area contributed by atoms with Crippen LogP contribution in [-0.2, 0) is 0 Å². The fourth-order valence-corrected chi connectivity index (χ4v) is 2.51. The number of fused-ring (bicyclic) bond motifs is 1. The van der Waals surface area contributed by atoms with Gasteiger partial charge in [-0.2, -0.15) is 0 Å². The standard InChI is InChI=1S/C14H8INO2/c15-12-13(17)10-5-1-2-6-11(10)18-14(12)9-4-3-7-16-8-9/h1-8H. The van der Waals surface area contributed by atoms with Gasteiger partial charge >= 0.3 is 0 Å². The molecule has 0 saturated carbocycles. The first-order valence-corrected chi connectivity index (χ1v) is 6.47. The van der Waals surface area contributed by atoms with Gasteiger partial charge in [-0.15, -0.1) is 0 Å². The van der Waals surface area contributed by atoms with Crippen LogP contribution in [0.1, 0.15) is 0 Å². The molecule has 0 fully saturated rings. The highest BCUT2D eigenvalue weighted by Crippen LogP contribution is 2.25. The van der Waals surface area contributed by atoms with E-state index in [1.807, 2.05) is 46.9 Å². The van der Waals surface area contributed by atoms with E-state index in [-0.39, 0.29) is 5.43 Å². The van der Waals surface area contributed by atoms with Crippen molar-refractivity contribution < 1.29 is 4.42 Å². The summed E-state index contributed by atoms with van der Waals surface area (Å²) in [6.45, 7) is 0. The van der Waals surface area contributed by atoms with E-state index in [4.69, 9.17) is 4.42 Å². The predicted molar refractivity (Wildman–Crippen MR) is 78.4 cm³/mol. The zero-order chi connectivity index (χ0) is 12.5. The minimum atomic E-state index is -0.00342. The number of hydrogen-bond acceptors (Lipinski definition) is 3. The number of benzene rings is 1. The molecule has 0 aliphatic heterocycles. The molecule has 0 bridgehead atoms. The zero-order valence-corrected chi connectivity index (χ0v) is 11.4. The molecule has 0 aliphatic carbocycles. The second-order valence-electron chi connectivity index (χ2n) is 3.81. The molecular formula is C14H8INO2. The van der Waals surface area contributed by atoms with Crippen LogP contribution >= 0.6 is 22.6 Å². The van der Waals surface area contributed by atoms with Crippen LogP contribution in [0.15, 0.2) is 58.0 Å². The van der Waals surface area contributed by atoms with Crippen molar-refractivity contribution in [3.8, 4) is 11.3 Å². The number of halogens is 1. The lowest BCUT2D eigenvalue weighted by atomic mass is 10.1. The summed E-state index contributed by atoms with van der Waals surface area (Å²) in [5.74, 6) is 0.576. The Balaban J connectivity index is 2.38. The largest absolute Gasteiger partial charge is 0.455 e. The third-order valence-electron chi connectivity index (χ3n) is 2.67. The Kier molecular flexibility index (Phi) is 2.87. The maximum absolute atomic E-state index is 12.2. The Bertz CT molecular complexity index is 766. The summed E-state index contributed by atoms with van der Waals surface area (Å²) in [7, 11) is 0. The lowest BCUT2D eigenvalue weighted by Crippen LogP contribution is -2.07. The topological polar surface area (TPSA) is 43.1 Å². The average Bonchev–Trinajstić information content (AvgIpc) is 2.44. The molecule has 88 valence electrons. The first kappa shape index (κ1) is 11.4. The number of aromatic nitrogens is 1. The van der Waals surface area contributed by atoms with E-state index in [0.717, 1.165) is 5.56 Å². The molecule has 0 spiro atoms. The van der Waals surface area contributed by atoms with Crippen LogP contribution in [0, 0.1) is 3.57 Å². The number of pyridine rings is 1. The van der Waals surface area contributed by atoms with Crippen molar-refractivity contribution in [3.05, 3.63) is 62.6 Å². The maximum atomic E-state index is 12.2. The quantitative estimate of drug-likeness (QED) is 0.632. The van der Waals surface area contributed by atoms with Crippen molar-refractivity contribution in [2.75, 3.05) is 0 Å². The van der Waals surface area contributed by atoms with E-state index >= 15 is 0 Å². The van der Waals surface area contributed by atoms with E-state index in [1.54, 1.807) is 24.5 Å². The predicted octanol–water partition coefficient (Wildman–Crippen LogP) is 3.46. The number of hydrogen-bond donors (Lipinski definition) is 0. The first-order chi connectivity index (χ1) is 8.77. The normalized spacial score (nSPS) is 10.7. The third kappa shape index (κ3) is 1.82. The minimum absolute atomic E-state index is 0.00342. The molecule has 3 nitrogen and oxygen atoms in total. The van der Waals surface area contributed by atoms with Gasteiger partial charge in [0.15, 0.2) is 5.76 Å². The van der Waals surface area contributed by atoms with Crippen LogP contribution in [-0.4, -0.2) is 4.98 Å². The average molecular weight is 349 g/mol. The number of rotatable bonds is 1. The lowest BCUT2D eigenvalue weighted by molar-refractivity contribution is 0.614. The Morgan fingerprint density at radius 3 is 2.72 bits per heavy atom. The summed E-state index contributed by atoms with van der Waals surface area (Å²) in [6.07, 6.45) is 3.38. The highest BCUT2D eigenvalue weighted by atomic mass is 127. The summed E-state index contributed by atoms with van der Waals surface area (Å²) < 4.78 is 6.39. The summed E-state index contributed by atoms with van der Waals surface area (Å²) in [6, 6.07) is 11.0. The summed E-state index contributed by atoms with van der Waals surface area (Å²) >= 11 is 2.02.